The van der Waals surface area contributed by atoms with Gasteiger partial charge in [0.1, 0.15) is 0 Å². The molecule has 2 aromatic heterocycles. The lowest BCUT2D eigenvalue weighted by atomic mass is 10.2. The van der Waals surface area contributed by atoms with Gasteiger partial charge in [-0.3, -0.25) is 9.97 Å². The number of oxazole rings is 2. The number of hydrogen-bond acceptors (Lipinski definition) is 7. The fraction of sp³-hybridized carbons (Fsp3) is 0.118. The summed E-state index contributed by atoms with van der Waals surface area (Å²) in [6.07, 6.45) is 0. The Kier molecular flexibility index (Phi) is 4.72. The molecule has 0 spiro atoms. The summed E-state index contributed by atoms with van der Waals surface area (Å²) in [7, 11) is 1.29. The van der Waals surface area contributed by atoms with Crippen LogP contribution in [0.4, 0.5) is 0 Å². The zero-order chi connectivity index (χ0) is 18.7. The van der Waals surface area contributed by atoms with E-state index < -0.39 is 17.5 Å². The number of benzene rings is 2. The van der Waals surface area contributed by atoms with E-state index in [0.29, 0.717) is 27.8 Å². The molecule has 0 aliphatic rings. The zero-order valence-corrected chi connectivity index (χ0v) is 13.6. The molecule has 3 N–H and O–H groups in total. The molecule has 0 fully saturated rings. The summed E-state index contributed by atoms with van der Waals surface area (Å²) in [6.45, 7) is -0.0508. The van der Waals surface area contributed by atoms with E-state index in [1.54, 1.807) is 30.3 Å². The number of rotatable bonds is 2. The van der Waals surface area contributed by atoms with Crippen LogP contribution in [0.5, 0.6) is 0 Å². The lowest BCUT2D eigenvalue weighted by Crippen LogP contribution is -2.00. The third-order valence-electron chi connectivity index (χ3n) is 3.51. The zero-order valence-electron chi connectivity index (χ0n) is 13.6. The van der Waals surface area contributed by atoms with Crippen LogP contribution in [0.3, 0.4) is 0 Å². The van der Waals surface area contributed by atoms with Crippen molar-refractivity contribution in [1.82, 2.24) is 9.97 Å². The Morgan fingerprint density at radius 3 is 2.15 bits per heavy atom. The van der Waals surface area contributed by atoms with E-state index in [-0.39, 0.29) is 6.61 Å². The van der Waals surface area contributed by atoms with Crippen molar-refractivity contribution in [3.8, 4) is 0 Å². The van der Waals surface area contributed by atoms with E-state index >= 15 is 0 Å². The van der Waals surface area contributed by atoms with Crippen LogP contribution in [0, 0.1) is 0 Å². The molecule has 0 radical (unpaired) electrons. The Morgan fingerprint density at radius 1 is 1.00 bits per heavy atom. The molecule has 0 saturated carbocycles. The average molecular weight is 358 g/mol. The van der Waals surface area contributed by atoms with Crippen LogP contribution in [0.2, 0.25) is 0 Å². The van der Waals surface area contributed by atoms with Crippen LogP contribution in [-0.4, -0.2) is 28.2 Å². The Bertz CT molecular complexity index is 1180. The number of hydrogen-bond donors (Lipinski definition) is 3. The molecule has 0 saturated heterocycles. The predicted molar refractivity (Wildman–Crippen MR) is 90.9 cm³/mol. The smallest absolute Gasteiger partial charge is 0.417 e. The van der Waals surface area contributed by atoms with Crippen molar-refractivity contribution in [3.05, 3.63) is 68.6 Å². The number of carbonyl (C=O) groups is 1. The molecule has 0 bridgehead atoms. The predicted octanol–water partition coefficient (Wildman–Crippen LogP) is 1.52. The molecular formula is C17H14N2O7. The molecular weight excluding hydrogens is 344 g/mol. The molecule has 0 atom stereocenters. The highest BCUT2D eigenvalue weighted by Crippen LogP contribution is 2.13. The van der Waals surface area contributed by atoms with Crippen molar-refractivity contribution in [2.24, 2.45) is 0 Å². The van der Waals surface area contributed by atoms with Gasteiger partial charge in [0.2, 0.25) is 0 Å². The number of carbonyl (C=O) groups excluding carboxylic acids is 1. The van der Waals surface area contributed by atoms with Gasteiger partial charge in [-0.15, -0.1) is 0 Å². The van der Waals surface area contributed by atoms with Gasteiger partial charge >= 0.3 is 17.5 Å². The Morgan fingerprint density at radius 2 is 1.58 bits per heavy atom. The number of esters is 1. The van der Waals surface area contributed by atoms with Crippen molar-refractivity contribution < 1.29 is 23.5 Å². The molecule has 4 rings (SSSR count). The second kappa shape index (κ2) is 7.11. The number of methoxy groups -OCH3 is 1. The lowest BCUT2D eigenvalue weighted by molar-refractivity contribution is 0.0600. The standard InChI is InChI=1S/C9H7NO4.C8H7NO3/c1-13-8(11)5-2-3-6-7(4-5)14-9(12)10-6;10-4-5-1-2-6-7(3-5)12-8(11)9-6/h2-4H,1H3,(H,10,12);1-3,10H,4H2,(H,9,11). The maximum atomic E-state index is 11.1. The lowest BCUT2D eigenvalue weighted by Gasteiger charge is -1.96. The summed E-state index contributed by atoms with van der Waals surface area (Å²) >= 11 is 0. The number of aromatic nitrogens is 2. The average Bonchev–Trinajstić information content (AvgIpc) is 3.20. The SMILES string of the molecule is COC(=O)c1ccc2[nH]c(=O)oc2c1.O=c1[nH]c2ccc(CO)cc2o1. The number of fused-ring (bicyclic) bond motifs is 2. The molecule has 9 heteroatoms. The van der Waals surface area contributed by atoms with Gasteiger partial charge < -0.3 is 18.7 Å². The summed E-state index contributed by atoms with van der Waals surface area (Å²) < 4.78 is 14.1. The van der Waals surface area contributed by atoms with Gasteiger partial charge in [0.15, 0.2) is 11.2 Å². The van der Waals surface area contributed by atoms with E-state index in [1.165, 1.54) is 13.2 Å². The fourth-order valence-electron chi connectivity index (χ4n) is 2.28. The third kappa shape index (κ3) is 3.57. The number of ether oxygens (including phenoxy) is 1. The molecule has 0 amide bonds. The van der Waals surface area contributed by atoms with Crippen molar-refractivity contribution in [3.63, 3.8) is 0 Å². The largest absolute Gasteiger partial charge is 0.465 e. The van der Waals surface area contributed by atoms with Crippen LogP contribution in [0.15, 0.2) is 54.8 Å². The number of H-pyrrole nitrogens is 2. The van der Waals surface area contributed by atoms with Gasteiger partial charge in [0.25, 0.3) is 0 Å². The van der Waals surface area contributed by atoms with Gasteiger partial charge in [0.05, 0.1) is 30.3 Å². The van der Waals surface area contributed by atoms with Gasteiger partial charge in [-0.25, -0.2) is 14.4 Å². The van der Waals surface area contributed by atoms with Gasteiger partial charge in [-0.05, 0) is 35.9 Å². The first-order valence-corrected chi connectivity index (χ1v) is 7.44. The number of aliphatic hydroxyl groups is 1. The Hall–Kier alpha value is -3.59. The number of aromatic amines is 2. The van der Waals surface area contributed by atoms with E-state index in [2.05, 4.69) is 14.7 Å². The molecule has 26 heavy (non-hydrogen) atoms. The summed E-state index contributed by atoms with van der Waals surface area (Å²) in [5.41, 5.74) is 3.11. The molecule has 4 aromatic rings. The van der Waals surface area contributed by atoms with Crippen molar-refractivity contribution in [1.29, 1.82) is 0 Å². The third-order valence-corrected chi connectivity index (χ3v) is 3.51. The number of aliphatic hydroxyl groups excluding tert-OH is 1. The van der Waals surface area contributed by atoms with E-state index in [1.807, 2.05) is 0 Å². The molecule has 134 valence electrons. The second-order valence-corrected chi connectivity index (χ2v) is 5.22. The van der Waals surface area contributed by atoms with E-state index in [9.17, 15) is 14.4 Å². The second-order valence-electron chi connectivity index (χ2n) is 5.22. The summed E-state index contributed by atoms with van der Waals surface area (Å²) in [5.74, 6) is -1.47. The highest BCUT2D eigenvalue weighted by atomic mass is 16.5. The Balaban J connectivity index is 0.000000152. The van der Waals surface area contributed by atoms with Crippen molar-refractivity contribution in [2.75, 3.05) is 7.11 Å². The van der Waals surface area contributed by atoms with Crippen LogP contribution < -0.4 is 11.5 Å². The maximum Gasteiger partial charge on any atom is 0.417 e. The first-order valence-electron chi connectivity index (χ1n) is 7.44. The monoisotopic (exact) mass is 358 g/mol. The van der Waals surface area contributed by atoms with Crippen LogP contribution in [0.1, 0.15) is 15.9 Å². The van der Waals surface area contributed by atoms with Gasteiger partial charge in [0, 0.05) is 0 Å². The van der Waals surface area contributed by atoms with Gasteiger partial charge in [-0.2, -0.15) is 0 Å². The summed E-state index contributed by atoms with van der Waals surface area (Å²) in [6, 6.07) is 9.66. The quantitative estimate of drug-likeness (QED) is 0.462. The fourth-order valence-corrected chi connectivity index (χ4v) is 2.28. The van der Waals surface area contributed by atoms with E-state index in [0.717, 1.165) is 5.56 Å². The van der Waals surface area contributed by atoms with Crippen LogP contribution >= 0.6 is 0 Å². The Labute approximate surface area is 144 Å². The normalized spacial score (nSPS) is 10.5. The minimum atomic E-state index is -0.540. The number of nitrogens with one attached hydrogen (secondary N) is 2. The van der Waals surface area contributed by atoms with Crippen molar-refractivity contribution >= 4 is 28.2 Å². The maximum absolute atomic E-state index is 11.1. The highest BCUT2D eigenvalue weighted by Gasteiger charge is 2.08. The molecule has 2 aromatic carbocycles. The molecule has 9 nitrogen and oxygen atoms in total. The van der Waals surface area contributed by atoms with Crippen LogP contribution in [-0.2, 0) is 11.3 Å². The minimum Gasteiger partial charge on any atom is -0.465 e. The summed E-state index contributed by atoms with van der Waals surface area (Å²) in [4.78, 5) is 37.6. The first-order chi connectivity index (χ1) is 12.5. The summed E-state index contributed by atoms with van der Waals surface area (Å²) in [5, 5.41) is 8.77. The van der Waals surface area contributed by atoms with Crippen molar-refractivity contribution in [2.45, 2.75) is 6.61 Å². The highest BCUT2D eigenvalue weighted by molar-refractivity contribution is 5.92. The van der Waals surface area contributed by atoms with E-state index in [4.69, 9.17) is 13.9 Å². The topological polar surface area (TPSA) is 139 Å². The molecule has 0 aliphatic heterocycles. The minimum absolute atomic E-state index is 0.0508. The molecule has 0 aliphatic carbocycles. The van der Waals surface area contributed by atoms with Crippen LogP contribution in [0.25, 0.3) is 22.2 Å². The molecule has 0 unspecified atom stereocenters. The first kappa shape index (κ1) is 17.2. The molecule has 2 heterocycles. The van der Waals surface area contributed by atoms with Gasteiger partial charge in [-0.1, -0.05) is 6.07 Å².